The van der Waals surface area contributed by atoms with E-state index in [1.54, 1.807) is 12.3 Å². The summed E-state index contributed by atoms with van der Waals surface area (Å²) in [5, 5.41) is 0. The van der Waals surface area contributed by atoms with Crippen molar-refractivity contribution in [1.29, 1.82) is 0 Å². The lowest BCUT2D eigenvalue weighted by atomic mass is 10.1. The standard InChI is InChI=1S/C17H14N4OS/c1-9-6-13-14(7-10(9)2)23-17-20-16(22)12(15(18)21(13)17)8-11-4-3-5-19-11/h3-8H,18H2,1-2H3/b11-8+. The number of fused-ring (bicyclic) bond motifs is 3. The zero-order valence-corrected chi connectivity index (χ0v) is 13.5. The van der Waals surface area contributed by atoms with E-state index < -0.39 is 0 Å². The van der Waals surface area contributed by atoms with Crippen LogP contribution in [0, 0.1) is 13.8 Å². The van der Waals surface area contributed by atoms with Gasteiger partial charge in [0.15, 0.2) is 4.96 Å². The predicted molar refractivity (Wildman–Crippen MR) is 96.3 cm³/mol. The molecule has 3 heterocycles. The van der Waals surface area contributed by atoms with Crippen molar-refractivity contribution >= 4 is 44.6 Å². The van der Waals surface area contributed by atoms with E-state index in [2.05, 4.69) is 36.0 Å². The topological polar surface area (TPSA) is 72.8 Å². The van der Waals surface area contributed by atoms with E-state index in [1.807, 2.05) is 16.6 Å². The molecule has 0 radical (unpaired) electrons. The summed E-state index contributed by atoms with van der Waals surface area (Å²) in [6.45, 7) is 4.13. The average molecular weight is 322 g/mol. The molecule has 1 aliphatic rings. The molecule has 2 aromatic heterocycles. The molecule has 2 N–H and O–H groups in total. The van der Waals surface area contributed by atoms with Gasteiger partial charge in [0.25, 0.3) is 5.56 Å². The molecule has 0 fully saturated rings. The Hall–Kier alpha value is -2.73. The van der Waals surface area contributed by atoms with Crippen molar-refractivity contribution < 1.29 is 0 Å². The quantitative estimate of drug-likeness (QED) is 0.748. The van der Waals surface area contributed by atoms with Crippen molar-refractivity contribution in [2.45, 2.75) is 13.8 Å². The molecule has 0 saturated carbocycles. The van der Waals surface area contributed by atoms with Crippen LogP contribution in [0.4, 0.5) is 5.82 Å². The molecular formula is C17H14N4OS. The van der Waals surface area contributed by atoms with Crippen LogP contribution in [0.5, 0.6) is 0 Å². The van der Waals surface area contributed by atoms with Gasteiger partial charge in [-0.25, -0.2) is 0 Å². The molecule has 0 saturated heterocycles. The molecule has 23 heavy (non-hydrogen) atoms. The van der Waals surface area contributed by atoms with Crippen LogP contribution in [0.15, 0.2) is 39.8 Å². The smallest absolute Gasteiger partial charge is 0.283 e. The van der Waals surface area contributed by atoms with E-state index in [0.29, 0.717) is 22.0 Å². The first-order valence-corrected chi connectivity index (χ1v) is 8.00. The molecule has 4 rings (SSSR count). The second-order valence-electron chi connectivity index (χ2n) is 5.55. The number of nitrogens with zero attached hydrogens (tertiary/aromatic N) is 3. The normalized spacial score (nSPS) is 15.5. The number of aliphatic imine (C=N–C) groups is 1. The third kappa shape index (κ3) is 2.10. The summed E-state index contributed by atoms with van der Waals surface area (Å²) in [6, 6.07) is 4.19. The fourth-order valence-corrected chi connectivity index (χ4v) is 3.75. The van der Waals surface area contributed by atoms with Crippen LogP contribution in [0.3, 0.4) is 0 Å². The summed E-state index contributed by atoms with van der Waals surface area (Å²) >= 11 is 1.47. The van der Waals surface area contributed by atoms with Gasteiger partial charge >= 0.3 is 0 Å². The van der Waals surface area contributed by atoms with Crippen molar-refractivity contribution in [3.05, 3.63) is 57.0 Å². The van der Waals surface area contributed by atoms with Crippen LogP contribution >= 0.6 is 11.3 Å². The first kappa shape index (κ1) is 13.9. The summed E-state index contributed by atoms with van der Waals surface area (Å²) in [7, 11) is 0. The number of aryl methyl sites for hydroxylation is 2. The summed E-state index contributed by atoms with van der Waals surface area (Å²) in [5.74, 6) is 0.400. The van der Waals surface area contributed by atoms with Gasteiger partial charge < -0.3 is 5.73 Å². The van der Waals surface area contributed by atoms with Gasteiger partial charge in [0.1, 0.15) is 5.82 Å². The average Bonchev–Trinajstić information content (AvgIpc) is 3.11. The molecule has 0 aliphatic carbocycles. The van der Waals surface area contributed by atoms with E-state index in [4.69, 9.17) is 5.73 Å². The number of benzene rings is 1. The van der Waals surface area contributed by atoms with Crippen LogP contribution in [0.2, 0.25) is 0 Å². The van der Waals surface area contributed by atoms with Crippen LogP contribution in [-0.2, 0) is 0 Å². The number of thiazole rings is 1. The summed E-state index contributed by atoms with van der Waals surface area (Å²) in [4.78, 5) is 21.3. The number of nitrogens with two attached hydrogens (primary N) is 1. The zero-order chi connectivity index (χ0) is 16.1. The lowest BCUT2D eigenvalue weighted by Crippen LogP contribution is -2.16. The highest BCUT2D eigenvalue weighted by atomic mass is 32.1. The number of hydrogen-bond donors (Lipinski definition) is 1. The van der Waals surface area contributed by atoms with Gasteiger partial charge in [-0.2, -0.15) is 4.98 Å². The summed E-state index contributed by atoms with van der Waals surface area (Å²) in [6.07, 6.45) is 7.00. The van der Waals surface area contributed by atoms with E-state index >= 15 is 0 Å². The maximum Gasteiger partial charge on any atom is 0.283 e. The molecule has 6 heteroatoms. The fraction of sp³-hybridized carbons (Fsp3) is 0.118. The minimum absolute atomic E-state index is 0.328. The fourth-order valence-electron chi connectivity index (χ4n) is 2.64. The number of hydrogen-bond acceptors (Lipinski definition) is 5. The Kier molecular flexibility index (Phi) is 2.96. The summed E-state index contributed by atoms with van der Waals surface area (Å²) in [5.41, 5.74) is 10.4. The number of rotatable bonds is 1. The Morgan fingerprint density at radius 3 is 2.78 bits per heavy atom. The van der Waals surface area contributed by atoms with E-state index in [9.17, 15) is 4.79 Å². The number of allylic oxidation sites excluding steroid dienone is 2. The van der Waals surface area contributed by atoms with Gasteiger partial charge in [0, 0.05) is 6.21 Å². The monoisotopic (exact) mass is 322 g/mol. The number of aromatic nitrogens is 2. The molecule has 0 spiro atoms. The Morgan fingerprint density at radius 1 is 1.26 bits per heavy atom. The van der Waals surface area contributed by atoms with Crippen molar-refractivity contribution in [3.8, 4) is 0 Å². The third-order valence-corrected chi connectivity index (χ3v) is 5.03. The van der Waals surface area contributed by atoms with Crippen molar-refractivity contribution in [1.82, 2.24) is 9.38 Å². The van der Waals surface area contributed by atoms with Gasteiger partial charge in [-0.3, -0.25) is 14.2 Å². The van der Waals surface area contributed by atoms with Crippen LogP contribution in [0.25, 0.3) is 21.3 Å². The van der Waals surface area contributed by atoms with Crippen LogP contribution < -0.4 is 11.3 Å². The van der Waals surface area contributed by atoms with E-state index in [0.717, 1.165) is 10.2 Å². The molecule has 0 unspecified atom stereocenters. The molecule has 1 aromatic carbocycles. The molecule has 5 nitrogen and oxygen atoms in total. The van der Waals surface area contributed by atoms with Gasteiger partial charge in [-0.1, -0.05) is 11.3 Å². The van der Waals surface area contributed by atoms with E-state index in [-0.39, 0.29) is 5.56 Å². The third-order valence-electron chi connectivity index (χ3n) is 4.02. The van der Waals surface area contributed by atoms with Gasteiger partial charge in [-0.15, -0.1) is 0 Å². The van der Waals surface area contributed by atoms with Gasteiger partial charge in [0.05, 0.1) is 21.5 Å². The first-order valence-electron chi connectivity index (χ1n) is 7.19. The SMILES string of the molecule is Cc1cc2sc3nc(=O)c(/C=C4\C=CC=N4)c(N)n3c2cc1C. The Bertz CT molecular complexity index is 1100. The Labute approximate surface area is 136 Å². The van der Waals surface area contributed by atoms with E-state index in [1.165, 1.54) is 22.5 Å². The first-order chi connectivity index (χ1) is 11.0. The van der Waals surface area contributed by atoms with Crippen molar-refractivity contribution in [2.24, 2.45) is 4.99 Å². The van der Waals surface area contributed by atoms with Gasteiger partial charge in [0.2, 0.25) is 0 Å². The molecule has 0 atom stereocenters. The number of nitrogen functional groups attached to an aromatic ring is 1. The highest BCUT2D eigenvalue weighted by molar-refractivity contribution is 7.23. The molecule has 0 amide bonds. The zero-order valence-electron chi connectivity index (χ0n) is 12.7. The second-order valence-corrected chi connectivity index (χ2v) is 6.56. The Morgan fingerprint density at radius 2 is 2.04 bits per heavy atom. The maximum absolute atomic E-state index is 12.3. The maximum atomic E-state index is 12.3. The predicted octanol–water partition coefficient (Wildman–Crippen LogP) is 3.09. The van der Waals surface area contributed by atoms with Gasteiger partial charge in [-0.05, 0) is 55.3 Å². The number of anilines is 1. The second kappa shape index (κ2) is 4.89. The molecule has 3 aromatic rings. The molecule has 0 bridgehead atoms. The van der Waals surface area contributed by atoms with Crippen LogP contribution in [0.1, 0.15) is 16.7 Å². The highest BCUT2D eigenvalue weighted by Crippen LogP contribution is 2.30. The van der Waals surface area contributed by atoms with Crippen LogP contribution in [-0.4, -0.2) is 15.6 Å². The van der Waals surface area contributed by atoms with Crippen molar-refractivity contribution in [3.63, 3.8) is 0 Å². The minimum atomic E-state index is -0.328. The largest absolute Gasteiger partial charge is 0.384 e. The lowest BCUT2D eigenvalue weighted by Gasteiger charge is -2.06. The van der Waals surface area contributed by atoms with Crippen molar-refractivity contribution in [2.75, 3.05) is 5.73 Å². The minimum Gasteiger partial charge on any atom is -0.384 e. The lowest BCUT2D eigenvalue weighted by molar-refractivity contribution is 1.14. The molecular weight excluding hydrogens is 308 g/mol. The molecule has 1 aliphatic heterocycles. The Balaban J connectivity index is 2.10. The highest BCUT2D eigenvalue weighted by Gasteiger charge is 2.15. The molecule has 114 valence electrons. The summed E-state index contributed by atoms with van der Waals surface area (Å²) < 4.78 is 2.91.